The van der Waals surface area contributed by atoms with Gasteiger partial charge in [-0.15, -0.1) is 0 Å². The van der Waals surface area contributed by atoms with Crippen molar-refractivity contribution in [3.8, 4) is 0 Å². The van der Waals surface area contributed by atoms with Crippen molar-refractivity contribution in [1.82, 2.24) is 14.8 Å². The van der Waals surface area contributed by atoms with E-state index in [0.29, 0.717) is 16.4 Å². The average Bonchev–Trinajstić information content (AvgIpc) is 3.21. The minimum absolute atomic E-state index is 0.0190. The molecule has 0 saturated heterocycles. The summed E-state index contributed by atoms with van der Waals surface area (Å²) in [6, 6.07) is 2.67. The zero-order chi connectivity index (χ0) is 20.1. The fraction of sp³-hybridized carbons (Fsp3) is 0.438. The number of aliphatic hydroxyl groups is 1. The van der Waals surface area contributed by atoms with Crippen LogP contribution < -0.4 is 0 Å². The van der Waals surface area contributed by atoms with E-state index in [9.17, 15) is 23.1 Å². The Hall–Kier alpha value is -2.33. The van der Waals surface area contributed by atoms with Gasteiger partial charge in [0.2, 0.25) is 0 Å². The molecule has 2 aromatic rings. The molecule has 3 rings (SSSR count). The van der Waals surface area contributed by atoms with E-state index in [4.69, 9.17) is 16.0 Å². The van der Waals surface area contributed by atoms with Crippen LogP contribution in [0, 0.1) is 13.8 Å². The first-order chi connectivity index (χ1) is 12.4. The number of carbonyl (C=O) groups is 1. The number of hydrazone groups is 1. The Morgan fingerprint density at radius 3 is 2.59 bits per heavy atom. The molecule has 3 heterocycles. The highest BCUT2D eigenvalue weighted by atomic mass is 35.5. The van der Waals surface area contributed by atoms with Crippen LogP contribution in [-0.4, -0.2) is 43.4 Å². The molecule has 0 radical (unpaired) electrons. The van der Waals surface area contributed by atoms with Crippen LogP contribution in [0.2, 0.25) is 5.02 Å². The van der Waals surface area contributed by atoms with E-state index < -0.39 is 24.2 Å². The lowest BCUT2D eigenvalue weighted by molar-refractivity contribution is -0.297. The smallest absolute Gasteiger partial charge is 0.438 e. The van der Waals surface area contributed by atoms with Crippen molar-refractivity contribution in [2.75, 3.05) is 0 Å². The Kier molecular flexibility index (Phi) is 4.59. The molecule has 0 saturated carbocycles. The van der Waals surface area contributed by atoms with E-state index in [0.717, 1.165) is 0 Å². The molecule has 0 aliphatic carbocycles. The maximum Gasteiger partial charge on any atom is 0.438 e. The molecule has 0 bridgehead atoms. The molecule has 11 heteroatoms. The summed E-state index contributed by atoms with van der Waals surface area (Å²) in [7, 11) is 0. The lowest BCUT2D eigenvalue weighted by Gasteiger charge is -2.32. The van der Waals surface area contributed by atoms with E-state index in [1.165, 1.54) is 19.1 Å². The molecule has 0 fully saturated rings. The molecule has 1 N–H and O–H groups in total. The van der Waals surface area contributed by atoms with Gasteiger partial charge in [0.25, 0.3) is 5.72 Å². The molecule has 1 atom stereocenters. The predicted molar refractivity (Wildman–Crippen MR) is 89.4 cm³/mol. The molecular weight excluding hydrogens is 389 g/mol. The third-order valence-corrected chi connectivity index (χ3v) is 4.79. The van der Waals surface area contributed by atoms with Gasteiger partial charge in [0.05, 0.1) is 23.0 Å². The van der Waals surface area contributed by atoms with Gasteiger partial charge in [-0.25, -0.2) is 0 Å². The van der Waals surface area contributed by atoms with E-state index in [-0.39, 0.29) is 28.8 Å². The first kappa shape index (κ1) is 19.4. The normalized spacial score (nSPS) is 20.3. The van der Waals surface area contributed by atoms with Crippen molar-refractivity contribution in [1.29, 1.82) is 0 Å². The zero-order valence-corrected chi connectivity index (χ0v) is 15.4. The summed E-state index contributed by atoms with van der Waals surface area (Å²) in [5.74, 6) is -1.28. The van der Waals surface area contributed by atoms with Crippen LogP contribution in [0.15, 0.2) is 21.7 Å². The first-order valence-electron chi connectivity index (χ1n) is 7.90. The highest BCUT2D eigenvalue weighted by Crippen LogP contribution is 2.41. The van der Waals surface area contributed by atoms with E-state index in [1.807, 2.05) is 0 Å². The van der Waals surface area contributed by atoms with Crippen LogP contribution in [0.5, 0.6) is 0 Å². The van der Waals surface area contributed by atoms with Crippen LogP contribution in [0.3, 0.4) is 0 Å². The topological polar surface area (TPSA) is 83.9 Å². The molecule has 27 heavy (non-hydrogen) atoms. The lowest BCUT2D eigenvalue weighted by Crippen LogP contribution is -2.56. The standard InChI is InChI=1S/C16H16ClF3N4O3/c1-8-6-15(26,16(18,19)20)24(21-8)14(25)12-5-4-11(27-12)7-23-10(3)13(17)9(2)22-23/h4-5,26H,6-7H2,1-3H3/t15-/m1/s1. The number of rotatable bonds is 3. The van der Waals surface area contributed by atoms with Gasteiger partial charge in [0.15, 0.2) is 5.76 Å². The van der Waals surface area contributed by atoms with Gasteiger partial charge in [0.1, 0.15) is 5.76 Å². The van der Waals surface area contributed by atoms with E-state index in [1.54, 1.807) is 18.5 Å². The number of hydrogen-bond donors (Lipinski definition) is 1. The summed E-state index contributed by atoms with van der Waals surface area (Å²) >= 11 is 6.07. The second-order valence-corrected chi connectivity index (χ2v) is 6.73. The maximum absolute atomic E-state index is 13.2. The molecule has 0 spiro atoms. The Morgan fingerprint density at radius 2 is 2.04 bits per heavy atom. The molecule has 0 aromatic carbocycles. The number of aryl methyl sites for hydroxylation is 1. The Balaban J connectivity index is 1.85. The monoisotopic (exact) mass is 404 g/mol. The summed E-state index contributed by atoms with van der Waals surface area (Å²) in [5.41, 5.74) is -2.12. The summed E-state index contributed by atoms with van der Waals surface area (Å²) in [6.07, 6.45) is -5.89. The number of amides is 1. The fourth-order valence-corrected chi connectivity index (χ4v) is 2.95. The molecule has 146 valence electrons. The number of carbonyl (C=O) groups excluding carboxylic acids is 1. The number of nitrogens with zero attached hydrogens (tertiary/aromatic N) is 4. The lowest BCUT2D eigenvalue weighted by atomic mass is 10.1. The highest BCUT2D eigenvalue weighted by molar-refractivity contribution is 6.31. The van der Waals surface area contributed by atoms with Crippen molar-refractivity contribution in [3.05, 3.63) is 40.1 Å². The number of aromatic nitrogens is 2. The largest absolute Gasteiger partial charge is 0.454 e. The molecule has 1 amide bonds. The first-order valence-corrected chi connectivity index (χ1v) is 8.28. The van der Waals surface area contributed by atoms with Gasteiger partial charge in [-0.1, -0.05) is 11.6 Å². The highest BCUT2D eigenvalue weighted by Gasteiger charge is 2.63. The van der Waals surface area contributed by atoms with E-state index in [2.05, 4.69) is 10.2 Å². The van der Waals surface area contributed by atoms with Crippen LogP contribution in [0.1, 0.15) is 41.0 Å². The quantitative estimate of drug-likeness (QED) is 0.851. The summed E-state index contributed by atoms with van der Waals surface area (Å²) in [6.45, 7) is 4.92. The third kappa shape index (κ3) is 3.23. The minimum atomic E-state index is -5.07. The number of hydrogen-bond acceptors (Lipinski definition) is 5. The molecule has 0 unspecified atom stereocenters. The fourth-order valence-electron chi connectivity index (χ4n) is 2.81. The van der Waals surface area contributed by atoms with Crippen LogP contribution >= 0.6 is 11.6 Å². The Labute approximate surface area is 157 Å². The zero-order valence-electron chi connectivity index (χ0n) is 14.6. The van der Waals surface area contributed by atoms with Crippen LogP contribution in [-0.2, 0) is 6.54 Å². The van der Waals surface area contributed by atoms with Gasteiger partial charge in [0, 0.05) is 12.1 Å². The minimum Gasteiger partial charge on any atom is -0.454 e. The Bertz CT molecular complexity index is 934. The third-order valence-electron chi connectivity index (χ3n) is 4.24. The Morgan fingerprint density at radius 1 is 1.37 bits per heavy atom. The number of alkyl halides is 3. The molecule has 7 nitrogen and oxygen atoms in total. The molecular formula is C16H16ClF3N4O3. The predicted octanol–water partition coefficient (Wildman–Crippen LogP) is 3.27. The second-order valence-electron chi connectivity index (χ2n) is 6.35. The second kappa shape index (κ2) is 6.38. The van der Waals surface area contributed by atoms with Crippen LogP contribution in [0.4, 0.5) is 13.2 Å². The van der Waals surface area contributed by atoms with Gasteiger partial charge < -0.3 is 9.52 Å². The molecule has 2 aromatic heterocycles. The van der Waals surface area contributed by atoms with E-state index >= 15 is 0 Å². The van der Waals surface area contributed by atoms with Gasteiger partial charge in [-0.3, -0.25) is 9.48 Å². The number of furan rings is 1. The van der Waals surface area contributed by atoms with Crippen molar-refractivity contribution in [2.24, 2.45) is 5.10 Å². The van der Waals surface area contributed by atoms with Crippen molar-refractivity contribution >= 4 is 23.2 Å². The average molecular weight is 405 g/mol. The van der Waals surface area contributed by atoms with Gasteiger partial charge in [-0.2, -0.15) is 28.4 Å². The molecule has 1 aliphatic rings. The summed E-state index contributed by atoms with van der Waals surface area (Å²) in [5, 5.41) is 18.3. The van der Waals surface area contributed by atoms with Crippen molar-refractivity contribution in [3.63, 3.8) is 0 Å². The van der Waals surface area contributed by atoms with Gasteiger partial charge in [-0.05, 0) is 32.9 Å². The number of halogens is 4. The summed E-state index contributed by atoms with van der Waals surface area (Å²) < 4.78 is 46.7. The maximum atomic E-state index is 13.2. The SMILES string of the molecule is CC1=NN(C(=O)c2ccc(Cn3nc(C)c(Cl)c3C)o2)[C@](O)(C(F)(F)F)C1. The molecule has 1 aliphatic heterocycles. The van der Waals surface area contributed by atoms with Crippen molar-refractivity contribution in [2.45, 2.75) is 45.6 Å². The van der Waals surface area contributed by atoms with Gasteiger partial charge >= 0.3 is 12.1 Å². The summed E-state index contributed by atoms with van der Waals surface area (Å²) in [4.78, 5) is 12.5. The van der Waals surface area contributed by atoms with Crippen LogP contribution in [0.25, 0.3) is 0 Å². The van der Waals surface area contributed by atoms with Crippen molar-refractivity contribution < 1.29 is 27.5 Å².